The maximum Gasteiger partial charge on any atom is 0.0609 e. The van der Waals surface area contributed by atoms with Gasteiger partial charge in [0.15, 0.2) is 0 Å². The van der Waals surface area contributed by atoms with Gasteiger partial charge in [-0.3, -0.25) is 0 Å². The molecule has 100 valence electrons. The monoisotopic (exact) mass is 333 g/mol. The molecule has 1 N–H and O–H groups in total. The van der Waals surface area contributed by atoms with E-state index in [1.54, 1.807) is 0 Å². The molecule has 0 radical (unpaired) electrons. The average molecular weight is 334 g/mol. The number of fused-ring (bicyclic) bond motifs is 7. The largest absolute Gasteiger partial charge is 0.354 e. The van der Waals surface area contributed by atoms with Crippen LogP contribution in [0.25, 0.3) is 32.9 Å². The molecule has 21 heavy (non-hydrogen) atoms. The molecule has 2 heteroatoms. The first-order chi connectivity index (χ1) is 10.3. The average Bonchev–Trinajstić information content (AvgIpc) is 3.05. The first kappa shape index (κ1) is 11.6. The van der Waals surface area contributed by atoms with Crippen LogP contribution in [0.5, 0.6) is 0 Å². The summed E-state index contributed by atoms with van der Waals surface area (Å²) in [5.74, 6) is 0. The van der Waals surface area contributed by atoms with Crippen molar-refractivity contribution in [1.82, 2.24) is 4.98 Å². The maximum atomic E-state index is 3.65. The first-order valence-electron chi connectivity index (χ1n) is 7.13. The fourth-order valence-electron chi connectivity index (χ4n) is 3.62. The molecule has 0 atom stereocenters. The van der Waals surface area contributed by atoms with Crippen molar-refractivity contribution in [1.29, 1.82) is 0 Å². The summed E-state index contributed by atoms with van der Waals surface area (Å²) in [6.45, 7) is 0. The van der Waals surface area contributed by atoms with Gasteiger partial charge in [0.1, 0.15) is 0 Å². The second-order valence-corrected chi connectivity index (χ2v) is 6.49. The topological polar surface area (TPSA) is 15.8 Å². The van der Waals surface area contributed by atoms with Crippen molar-refractivity contribution >= 4 is 37.7 Å². The minimum absolute atomic E-state index is 1.03. The summed E-state index contributed by atoms with van der Waals surface area (Å²) in [7, 11) is 0. The summed E-state index contributed by atoms with van der Waals surface area (Å²) in [6, 6.07) is 19.6. The third-order valence-electron chi connectivity index (χ3n) is 4.53. The summed E-state index contributed by atoms with van der Waals surface area (Å²) >= 11 is 3.65. The maximum absolute atomic E-state index is 3.65. The van der Waals surface area contributed by atoms with Crippen molar-refractivity contribution in [2.24, 2.45) is 0 Å². The van der Waals surface area contributed by atoms with Crippen molar-refractivity contribution < 1.29 is 0 Å². The Morgan fingerprint density at radius 2 is 1.76 bits per heavy atom. The van der Waals surface area contributed by atoms with Crippen molar-refractivity contribution in [3.8, 4) is 11.1 Å². The predicted molar refractivity (Wildman–Crippen MR) is 91.7 cm³/mol. The van der Waals surface area contributed by atoms with Gasteiger partial charge in [0.25, 0.3) is 0 Å². The van der Waals surface area contributed by atoms with Crippen molar-refractivity contribution in [2.75, 3.05) is 0 Å². The van der Waals surface area contributed by atoms with Gasteiger partial charge in [-0.15, -0.1) is 0 Å². The molecular formula is C19H12BrN. The number of hydrogen-bond donors (Lipinski definition) is 1. The van der Waals surface area contributed by atoms with Crippen LogP contribution in [0.2, 0.25) is 0 Å². The summed E-state index contributed by atoms with van der Waals surface area (Å²) in [5.41, 5.74) is 8.08. The van der Waals surface area contributed by atoms with Gasteiger partial charge in [-0.1, -0.05) is 42.5 Å². The lowest BCUT2D eigenvalue weighted by atomic mass is 10.0. The summed E-state index contributed by atoms with van der Waals surface area (Å²) in [5, 5.41) is 2.68. The van der Waals surface area contributed by atoms with Crippen LogP contribution in [0.1, 0.15) is 11.1 Å². The number of halogens is 1. The molecule has 0 bridgehead atoms. The fraction of sp³-hybridized carbons (Fsp3) is 0.0526. The summed E-state index contributed by atoms with van der Waals surface area (Å²) in [6.07, 6.45) is 1.03. The number of nitrogens with one attached hydrogen (secondary N) is 1. The Morgan fingerprint density at radius 3 is 2.71 bits per heavy atom. The Hall–Kier alpha value is -2.06. The highest BCUT2D eigenvalue weighted by Crippen LogP contribution is 2.43. The van der Waals surface area contributed by atoms with E-state index in [1.807, 2.05) is 0 Å². The van der Waals surface area contributed by atoms with E-state index in [0.717, 1.165) is 10.9 Å². The third kappa shape index (κ3) is 1.46. The molecule has 5 rings (SSSR count). The molecule has 1 aliphatic rings. The second kappa shape index (κ2) is 3.99. The van der Waals surface area contributed by atoms with Gasteiger partial charge in [0.05, 0.1) is 5.52 Å². The molecule has 0 fully saturated rings. The highest BCUT2D eigenvalue weighted by atomic mass is 79.9. The molecular weight excluding hydrogens is 322 g/mol. The van der Waals surface area contributed by atoms with Gasteiger partial charge in [0, 0.05) is 20.8 Å². The zero-order valence-corrected chi connectivity index (χ0v) is 12.9. The number of H-pyrrole nitrogens is 1. The molecule has 0 saturated heterocycles. The van der Waals surface area contributed by atoms with E-state index in [1.165, 1.54) is 44.1 Å². The zero-order chi connectivity index (χ0) is 14.0. The SMILES string of the molecule is Brc1cccc2c1[nH]c1ccc3c(c12)Cc1ccccc1-3. The molecule has 3 aromatic carbocycles. The van der Waals surface area contributed by atoms with Crippen LogP contribution in [-0.2, 0) is 6.42 Å². The molecule has 1 heterocycles. The van der Waals surface area contributed by atoms with Gasteiger partial charge in [-0.2, -0.15) is 0 Å². The Kier molecular flexibility index (Phi) is 2.20. The van der Waals surface area contributed by atoms with E-state index >= 15 is 0 Å². The number of benzene rings is 3. The summed E-state index contributed by atoms with van der Waals surface area (Å²) < 4.78 is 1.13. The lowest BCUT2D eigenvalue weighted by molar-refractivity contribution is 1.29. The van der Waals surface area contributed by atoms with Gasteiger partial charge in [0.2, 0.25) is 0 Å². The number of aromatic amines is 1. The van der Waals surface area contributed by atoms with E-state index in [2.05, 4.69) is 75.5 Å². The highest BCUT2D eigenvalue weighted by Gasteiger charge is 2.22. The lowest BCUT2D eigenvalue weighted by Crippen LogP contribution is -1.82. The molecule has 0 aliphatic heterocycles. The van der Waals surface area contributed by atoms with Crippen LogP contribution in [0.15, 0.2) is 59.1 Å². The quantitative estimate of drug-likeness (QED) is 0.376. The summed E-state index contributed by atoms with van der Waals surface area (Å²) in [4.78, 5) is 3.56. The molecule has 0 unspecified atom stereocenters. The molecule has 4 aromatic rings. The van der Waals surface area contributed by atoms with Gasteiger partial charge >= 0.3 is 0 Å². The Balaban J connectivity index is 1.96. The van der Waals surface area contributed by atoms with Crippen LogP contribution >= 0.6 is 15.9 Å². The minimum Gasteiger partial charge on any atom is -0.354 e. The Labute approximate surface area is 130 Å². The van der Waals surface area contributed by atoms with Crippen LogP contribution in [-0.4, -0.2) is 4.98 Å². The first-order valence-corrected chi connectivity index (χ1v) is 7.92. The molecule has 1 nitrogen and oxygen atoms in total. The van der Waals surface area contributed by atoms with Crippen LogP contribution in [0.3, 0.4) is 0 Å². The molecule has 1 aromatic heterocycles. The van der Waals surface area contributed by atoms with Gasteiger partial charge < -0.3 is 4.98 Å². The van der Waals surface area contributed by atoms with Gasteiger partial charge in [-0.05, 0) is 56.7 Å². The minimum atomic E-state index is 1.03. The van der Waals surface area contributed by atoms with Crippen LogP contribution in [0.4, 0.5) is 0 Å². The number of para-hydroxylation sites is 1. The zero-order valence-electron chi connectivity index (χ0n) is 11.3. The highest BCUT2D eigenvalue weighted by molar-refractivity contribution is 9.10. The molecule has 1 aliphatic carbocycles. The van der Waals surface area contributed by atoms with E-state index in [4.69, 9.17) is 0 Å². The number of hydrogen-bond acceptors (Lipinski definition) is 0. The number of rotatable bonds is 0. The Bertz CT molecular complexity index is 1030. The second-order valence-electron chi connectivity index (χ2n) is 5.64. The third-order valence-corrected chi connectivity index (χ3v) is 5.19. The van der Waals surface area contributed by atoms with E-state index in [0.29, 0.717) is 0 Å². The van der Waals surface area contributed by atoms with E-state index in [9.17, 15) is 0 Å². The van der Waals surface area contributed by atoms with Crippen molar-refractivity contribution in [2.45, 2.75) is 6.42 Å². The Morgan fingerprint density at radius 1 is 0.857 bits per heavy atom. The van der Waals surface area contributed by atoms with Crippen LogP contribution in [0, 0.1) is 0 Å². The fourth-order valence-corrected chi connectivity index (χ4v) is 4.08. The van der Waals surface area contributed by atoms with Crippen molar-refractivity contribution in [3.05, 3.63) is 70.2 Å². The smallest absolute Gasteiger partial charge is 0.0609 e. The standard InChI is InChI=1S/C19H12BrN/c20-16-7-3-6-14-18-15-10-11-4-1-2-5-12(11)13(15)8-9-17(18)21-19(14)16/h1-9,21H,10H2. The van der Waals surface area contributed by atoms with Crippen molar-refractivity contribution in [3.63, 3.8) is 0 Å². The normalized spacial score (nSPS) is 12.8. The van der Waals surface area contributed by atoms with E-state index in [-0.39, 0.29) is 0 Å². The molecule has 0 amide bonds. The van der Waals surface area contributed by atoms with Gasteiger partial charge in [-0.25, -0.2) is 0 Å². The molecule has 0 saturated carbocycles. The van der Waals surface area contributed by atoms with E-state index < -0.39 is 0 Å². The molecule has 0 spiro atoms. The lowest BCUT2D eigenvalue weighted by Gasteiger charge is -2.02. The van der Waals surface area contributed by atoms with Crippen LogP contribution < -0.4 is 0 Å². The predicted octanol–water partition coefficient (Wildman–Crippen LogP) is 5.65. The number of aromatic nitrogens is 1.